The number of H-pyrrole nitrogens is 1. The normalized spacial score (nSPS) is 12.5. The Bertz CT molecular complexity index is 1570. The van der Waals surface area contributed by atoms with Gasteiger partial charge in [0.25, 0.3) is 0 Å². The van der Waals surface area contributed by atoms with Crippen LogP contribution in [0.4, 0.5) is 11.6 Å². The molecule has 0 aliphatic carbocycles. The maximum atomic E-state index is 13.9. The van der Waals surface area contributed by atoms with Crippen molar-refractivity contribution in [3.8, 4) is 0 Å². The molecule has 0 fully saturated rings. The van der Waals surface area contributed by atoms with Crippen molar-refractivity contribution in [3.05, 3.63) is 102 Å². The highest BCUT2D eigenvalue weighted by molar-refractivity contribution is 7.98. The summed E-state index contributed by atoms with van der Waals surface area (Å²) < 4.78 is 27.8. The number of aromatic nitrogens is 4. The molecule has 2 N–H and O–H groups in total. The average molecular weight is 502 g/mol. The summed E-state index contributed by atoms with van der Waals surface area (Å²) in [5, 5.41) is 2.92. The summed E-state index contributed by atoms with van der Waals surface area (Å²) in [4.78, 5) is 17.8. The first-order valence-electron chi connectivity index (χ1n) is 10.9. The maximum Gasteiger partial charge on any atom is 0.227 e. The van der Waals surface area contributed by atoms with Crippen molar-refractivity contribution in [2.45, 2.75) is 22.0 Å². The van der Waals surface area contributed by atoms with Crippen LogP contribution in [0.2, 0.25) is 0 Å². The molecule has 0 bridgehead atoms. The smallest absolute Gasteiger partial charge is 0.227 e. The largest absolute Gasteiger partial charge is 0.346 e. The number of fused-ring (bicyclic) bond motifs is 1. The summed E-state index contributed by atoms with van der Waals surface area (Å²) in [6.45, 7) is 1.93. The zero-order valence-corrected chi connectivity index (χ0v) is 20.8. The summed E-state index contributed by atoms with van der Waals surface area (Å²) >= 11 is 1.67. The Balaban J connectivity index is 1.57. The van der Waals surface area contributed by atoms with Gasteiger partial charge in [-0.2, -0.15) is 0 Å². The van der Waals surface area contributed by atoms with Gasteiger partial charge in [0.1, 0.15) is 10.9 Å². The van der Waals surface area contributed by atoms with E-state index in [1.54, 1.807) is 66.9 Å². The average Bonchev–Trinajstić information content (AvgIpc) is 3.28. The molecule has 0 saturated carbocycles. The highest BCUT2D eigenvalue weighted by Gasteiger charge is 2.33. The van der Waals surface area contributed by atoms with Crippen LogP contribution in [0.3, 0.4) is 0 Å². The van der Waals surface area contributed by atoms with Crippen molar-refractivity contribution in [2.75, 3.05) is 11.6 Å². The molecule has 0 spiro atoms. The summed E-state index contributed by atoms with van der Waals surface area (Å²) in [6, 6.07) is 18.3. The van der Waals surface area contributed by atoms with E-state index in [-0.39, 0.29) is 4.90 Å². The predicted molar refractivity (Wildman–Crippen MR) is 140 cm³/mol. The standard InChI is InChI=1S/C26H23N5O2S2/c1-17-12-22-23(16-28-25(22)27-13-17)24(35(32,33)21-6-4-3-5-7-21)18-14-29-26(30-15-18)31-19-8-10-20(34-2)11-9-19/h3-16,24H,1-2H3,(H,27,28)(H,29,30,31). The van der Waals surface area contributed by atoms with E-state index >= 15 is 0 Å². The number of rotatable bonds is 7. The van der Waals surface area contributed by atoms with Crippen molar-refractivity contribution >= 4 is 44.3 Å². The van der Waals surface area contributed by atoms with Gasteiger partial charge in [-0.1, -0.05) is 18.2 Å². The molecule has 2 aromatic carbocycles. The van der Waals surface area contributed by atoms with Crippen molar-refractivity contribution in [1.29, 1.82) is 0 Å². The SMILES string of the molecule is CSc1ccc(Nc2ncc(C(c3c[nH]c4ncc(C)cc34)S(=O)(=O)c3ccccc3)cn2)cc1. The molecule has 5 rings (SSSR count). The summed E-state index contributed by atoms with van der Waals surface area (Å²) in [5.74, 6) is 0.387. The van der Waals surface area contributed by atoms with E-state index in [0.29, 0.717) is 22.7 Å². The third kappa shape index (κ3) is 4.65. The summed E-state index contributed by atoms with van der Waals surface area (Å²) in [7, 11) is -3.81. The van der Waals surface area contributed by atoms with Gasteiger partial charge in [-0.3, -0.25) is 0 Å². The van der Waals surface area contributed by atoms with Gasteiger partial charge >= 0.3 is 0 Å². The summed E-state index contributed by atoms with van der Waals surface area (Å²) in [6.07, 6.45) is 8.62. The van der Waals surface area contributed by atoms with E-state index in [1.165, 1.54) is 0 Å². The van der Waals surface area contributed by atoms with Crippen molar-refractivity contribution in [2.24, 2.45) is 0 Å². The lowest BCUT2D eigenvalue weighted by molar-refractivity contribution is 0.589. The topological polar surface area (TPSA) is 101 Å². The van der Waals surface area contributed by atoms with Crippen molar-refractivity contribution in [3.63, 3.8) is 0 Å². The number of nitrogens with one attached hydrogen (secondary N) is 2. The lowest BCUT2D eigenvalue weighted by Gasteiger charge is -2.18. The van der Waals surface area contributed by atoms with Gasteiger partial charge in [0.15, 0.2) is 9.84 Å². The minimum absolute atomic E-state index is 0.232. The van der Waals surface area contributed by atoms with Gasteiger partial charge < -0.3 is 10.3 Å². The van der Waals surface area contributed by atoms with Crippen LogP contribution in [0.25, 0.3) is 11.0 Å². The van der Waals surface area contributed by atoms with Gasteiger partial charge in [0, 0.05) is 51.9 Å². The Morgan fingerprint density at radius 3 is 2.34 bits per heavy atom. The summed E-state index contributed by atoms with van der Waals surface area (Å²) in [5.41, 5.74) is 3.50. The highest BCUT2D eigenvalue weighted by atomic mass is 32.2. The van der Waals surface area contributed by atoms with Crippen LogP contribution in [0, 0.1) is 6.92 Å². The molecular weight excluding hydrogens is 478 g/mol. The quantitative estimate of drug-likeness (QED) is 0.276. The van der Waals surface area contributed by atoms with E-state index < -0.39 is 15.1 Å². The van der Waals surface area contributed by atoms with Crippen LogP contribution >= 0.6 is 11.8 Å². The highest BCUT2D eigenvalue weighted by Crippen LogP contribution is 2.38. The number of benzene rings is 2. The molecule has 0 aliphatic rings. The van der Waals surface area contributed by atoms with E-state index in [4.69, 9.17) is 0 Å². The molecule has 0 aliphatic heterocycles. The van der Waals surface area contributed by atoms with E-state index in [2.05, 4.69) is 25.3 Å². The molecule has 7 nitrogen and oxygen atoms in total. The fourth-order valence-corrected chi connectivity index (χ4v) is 6.18. The zero-order chi connectivity index (χ0) is 24.4. The van der Waals surface area contributed by atoms with Crippen LogP contribution in [0.5, 0.6) is 0 Å². The number of aryl methyl sites for hydroxylation is 1. The first-order chi connectivity index (χ1) is 17.0. The van der Waals surface area contributed by atoms with Crippen LogP contribution in [-0.2, 0) is 9.84 Å². The Kier molecular flexibility index (Phi) is 6.27. The van der Waals surface area contributed by atoms with Crippen molar-refractivity contribution < 1.29 is 8.42 Å². The minimum Gasteiger partial charge on any atom is -0.346 e. The molecule has 0 amide bonds. The Morgan fingerprint density at radius 1 is 0.943 bits per heavy atom. The number of aromatic amines is 1. The van der Waals surface area contributed by atoms with Gasteiger partial charge in [0.2, 0.25) is 5.95 Å². The molecule has 35 heavy (non-hydrogen) atoms. The number of hydrogen-bond donors (Lipinski definition) is 2. The van der Waals surface area contributed by atoms with Gasteiger partial charge in [-0.15, -0.1) is 11.8 Å². The fraction of sp³-hybridized carbons (Fsp3) is 0.115. The van der Waals surface area contributed by atoms with Gasteiger partial charge in [-0.05, 0) is 61.2 Å². The second kappa shape index (κ2) is 9.52. The molecule has 3 aromatic heterocycles. The zero-order valence-electron chi connectivity index (χ0n) is 19.1. The predicted octanol–water partition coefficient (Wildman–Crippen LogP) is 5.69. The molecule has 176 valence electrons. The Morgan fingerprint density at radius 2 is 1.66 bits per heavy atom. The second-order valence-corrected chi connectivity index (χ2v) is 11.0. The lowest BCUT2D eigenvalue weighted by atomic mass is 10.1. The third-order valence-electron chi connectivity index (χ3n) is 5.69. The molecule has 1 atom stereocenters. The number of anilines is 2. The number of thioether (sulfide) groups is 1. The van der Waals surface area contributed by atoms with Crippen LogP contribution in [0.15, 0.2) is 95.2 Å². The molecule has 3 heterocycles. The maximum absolute atomic E-state index is 13.9. The van der Waals surface area contributed by atoms with Crippen LogP contribution < -0.4 is 5.32 Å². The third-order valence-corrected chi connectivity index (χ3v) is 8.50. The van der Waals surface area contributed by atoms with Crippen molar-refractivity contribution in [1.82, 2.24) is 19.9 Å². The van der Waals surface area contributed by atoms with Crippen LogP contribution in [0.1, 0.15) is 21.9 Å². The second-order valence-electron chi connectivity index (χ2n) is 8.08. The molecule has 9 heteroatoms. The number of nitrogens with zero attached hydrogens (tertiary/aromatic N) is 3. The number of hydrogen-bond acceptors (Lipinski definition) is 7. The lowest BCUT2D eigenvalue weighted by Crippen LogP contribution is -2.16. The fourth-order valence-electron chi connectivity index (χ4n) is 3.96. The molecule has 0 radical (unpaired) electrons. The first-order valence-corrected chi connectivity index (χ1v) is 13.7. The van der Waals surface area contributed by atoms with E-state index in [0.717, 1.165) is 21.5 Å². The molecule has 0 saturated heterocycles. The van der Waals surface area contributed by atoms with E-state index in [9.17, 15) is 8.42 Å². The number of sulfone groups is 1. The van der Waals surface area contributed by atoms with Crippen LogP contribution in [-0.4, -0.2) is 34.6 Å². The first kappa shape index (κ1) is 23.1. The van der Waals surface area contributed by atoms with Gasteiger partial charge in [0.05, 0.1) is 4.90 Å². The monoisotopic (exact) mass is 501 g/mol. The Labute approximate surface area is 208 Å². The molecule has 5 aromatic rings. The Hall–Kier alpha value is -3.69. The number of pyridine rings is 1. The van der Waals surface area contributed by atoms with E-state index in [1.807, 2.05) is 43.5 Å². The minimum atomic E-state index is -3.81. The van der Waals surface area contributed by atoms with Gasteiger partial charge in [-0.25, -0.2) is 23.4 Å². The molecular formula is C26H23N5O2S2. The molecule has 1 unspecified atom stereocenters.